The maximum Gasteiger partial charge on any atom is 0.307 e. The van der Waals surface area contributed by atoms with E-state index in [1.165, 1.54) is 12.1 Å². The molecular formula is C10H11NO4S. The number of aliphatic carboxylic acids is 1. The number of hydrogen-bond donors (Lipinski definition) is 2. The summed E-state index contributed by atoms with van der Waals surface area (Å²) in [6.45, 7) is 0. The van der Waals surface area contributed by atoms with E-state index in [0.29, 0.717) is 12.8 Å². The fourth-order valence-electron chi connectivity index (χ4n) is 1.95. The summed E-state index contributed by atoms with van der Waals surface area (Å²) >= 11 is 0. The van der Waals surface area contributed by atoms with Crippen molar-refractivity contribution < 1.29 is 18.3 Å². The second-order valence-corrected chi connectivity index (χ2v) is 5.48. The van der Waals surface area contributed by atoms with Gasteiger partial charge >= 0.3 is 5.97 Å². The maximum absolute atomic E-state index is 11.1. The van der Waals surface area contributed by atoms with Crippen LogP contribution in [0.15, 0.2) is 23.1 Å². The third kappa shape index (κ3) is 1.94. The van der Waals surface area contributed by atoms with E-state index >= 15 is 0 Å². The summed E-state index contributed by atoms with van der Waals surface area (Å²) in [4.78, 5) is 10.8. The fourth-order valence-corrected chi connectivity index (χ4v) is 2.51. The summed E-state index contributed by atoms with van der Waals surface area (Å²) in [7, 11) is -3.71. The lowest BCUT2D eigenvalue weighted by atomic mass is 10.1. The van der Waals surface area contributed by atoms with Gasteiger partial charge < -0.3 is 5.11 Å². The molecule has 1 atom stereocenters. The number of primary sulfonamides is 1. The maximum atomic E-state index is 11.1. The van der Waals surface area contributed by atoms with E-state index in [1.54, 1.807) is 6.07 Å². The van der Waals surface area contributed by atoms with Crippen LogP contribution in [-0.4, -0.2) is 19.5 Å². The zero-order valence-electron chi connectivity index (χ0n) is 8.38. The van der Waals surface area contributed by atoms with Gasteiger partial charge in [-0.25, -0.2) is 13.6 Å². The molecule has 0 aliphatic heterocycles. The van der Waals surface area contributed by atoms with Gasteiger partial charge in [-0.05, 0) is 36.1 Å². The molecule has 0 saturated heterocycles. The van der Waals surface area contributed by atoms with Gasteiger partial charge in [0.2, 0.25) is 10.0 Å². The first-order valence-corrected chi connectivity index (χ1v) is 6.30. The van der Waals surface area contributed by atoms with Crippen LogP contribution in [0.4, 0.5) is 0 Å². The van der Waals surface area contributed by atoms with Crippen molar-refractivity contribution in [1.82, 2.24) is 0 Å². The number of carbonyl (C=O) groups is 1. The van der Waals surface area contributed by atoms with Crippen molar-refractivity contribution in [3.8, 4) is 0 Å². The number of rotatable bonds is 2. The van der Waals surface area contributed by atoms with Crippen LogP contribution in [0.3, 0.4) is 0 Å². The van der Waals surface area contributed by atoms with E-state index < -0.39 is 21.9 Å². The van der Waals surface area contributed by atoms with E-state index in [0.717, 1.165) is 11.1 Å². The lowest BCUT2D eigenvalue weighted by molar-refractivity contribution is -0.141. The highest BCUT2D eigenvalue weighted by Crippen LogP contribution is 2.28. The van der Waals surface area contributed by atoms with E-state index in [1.807, 2.05) is 0 Å². The van der Waals surface area contributed by atoms with Crippen LogP contribution in [0, 0.1) is 5.92 Å². The molecule has 5 nitrogen and oxygen atoms in total. The van der Waals surface area contributed by atoms with Gasteiger partial charge in [-0.15, -0.1) is 0 Å². The zero-order valence-corrected chi connectivity index (χ0v) is 9.20. The molecule has 86 valence electrons. The number of hydrogen-bond acceptors (Lipinski definition) is 3. The van der Waals surface area contributed by atoms with E-state index in [2.05, 4.69) is 0 Å². The summed E-state index contributed by atoms with van der Waals surface area (Å²) in [5, 5.41) is 13.9. The molecule has 6 heteroatoms. The second kappa shape index (κ2) is 3.57. The molecule has 1 aliphatic rings. The van der Waals surface area contributed by atoms with Gasteiger partial charge in [0, 0.05) is 0 Å². The van der Waals surface area contributed by atoms with Gasteiger partial charge in [0.1, 0.15) is 0 Å². The van der Waals surface area contributed by atoms with Gasteiger partial charge in [-0.3, -0.25) is 4.79 Å². The summed E-state index contributed by atoms with van der Waals surface area (Å²) in [6, 6.07) is 4.52. The van der Waals surface area contributed by atoms with Crippen LogP contribution in [0.5, 0.6) is 0 Å². The van der Waals surface area contributed by atoms with Crippen LogP contribution in [0.1, 0.15) is 11.1 Å². The van der Waals surface area contributed by atoms with Crippen LogP contribution < -0.4 is 5.14 Å². The summed E-state index contributed by atoms with van der Waals surface area (Å²) in [6.07, 6.45) is 0.823. The van der Waals surface area contributed by atoms with E-state index in [4.69, 9.17) is 10.2 Å². The predicted octanol–water partition coefficient (Wildman–Crippen LogP) is 0.133. The van der Waals surface area contributed by atoms with Crippen molar-refractivity contribution >= 4 is 16.0 Å². The van der Waals surface area contributed by atoms with Crippen LogP contribution in [0.25, 0.3) is 0 Å². The van der Waals surface area contributed by atoms with Crippen LogP contribution in [-0.2, 0) is 27.7 Å². The Bertz CT molecular complexity index is 550. The Labute approximate surface area is 92.9 Å². The first-order chi connectivity index (χ1) is 7.38. The number of fused-ring (bicyclic) bond motifs is 1. The lowest BCUT2D eigenvalue weighted by Gasteiger charge is -2.01. The molecule has 0 spiro atoms. The average Bonchev–Trinajstić information content (AvgIpc) is 2.58. The Morgan fingerprint density at radius 1 is 1.31 bits per heavy atom. The first-order valence-electron chi connectivity index (χ1n) is 4.75. The Balaban J connectivity index is 2.39. The number of sulfonamides is 1. The third-order valence-electron chi connectivity index (χ3n) is 2.79. The molecule has 0 heterocycles. The molecule has 0 amide bonds. The molecule has 0 radical (unpaired) electrons. The Kier molecular flexibility index (Phi) is 2.47. The number of nitrogens with two attached hydrogens (primary N) is 1. The molecular weight excluding hydrogens is 230 g/mol. The molecule has 0 aromatic heterocycles. The molecule has 16 heavy (non-hydrogen) atoms. The lowest BCUT2D eigenvalue weighted by Crippen LogP contribution is -2.13. The van der Waals surface area contributed by atoms with E-state index in [-0.39, 0.29) is 4.90 Å². The zero-order chi connectivity index (χ0) is 11.9. The van der Waals surface area contributed by atoms with Gasteiger partial charge in [0.15, 0.2) is 0 Å². The molecule has 1 aromatic rings. The summed E-state index contributed by atoms with van der Waals surface area (Å²) in [5.74, 6) is -1.31. The number of benzene rings is 1. The standard InChI is InChI=1S/C10H11NO4S/c11-16(14,15)9-2-1-6-3-8(10(12)13)4-7(6)5-9/h1-2,5,8H,3-4H2,(H,12,13)(H2,11,14,15). The number of carboxylic acids is 1. The summed E-state index contributed by atoms with van der Waals surface area (Å²) in [5.41, 5.74) is 1.65. The molecule has 1 aliphatic carbocycles. The van der Waals surface area contributed by atoms with Crippen LogP contribution in [0.2, 0.25) is 0 Å². The smallest absolute Gasteiger partial charge is 0.307 e. The second-order valence-electron chi connectivity index (χ2n) is 3.92. The molecule has 0 saturated carbocycles. The average molecular weight is 241 g/mol. The van der Waals surface area contributed by atoms with Crippen molar-refractivity contribution in [2.75, 3.05) is 0 Å². The molecule has 3 N–H and O–H groups in total. The van der Waals surface area contributed by atoms with Crippen molar-refractivity contribution in [2.45, 2.75) is 17.7 Å². The Morgan fingerprint density at radius 3 is 2.50 bits per heavy atom. The van der Waals surface area contributed by atoms with E-state index in [9.17, 15) is 13.2 Å². The molecule has 1 unspecified atom stereocenters. The highest BCUT2D eigenvalue weighted by molar-refractivity contribution is 7.89. The van der Waals surface area contributed by atoms with Crippen molar-refractivity contribution in [3.05, 3.63) is 29.3 Å². The molecule has 1 aromatic carbocycles. The van der Waals surface area contributed by atoms with Crippen LogP contribution >= 0.6 is 0 Å². The molecule has 0 bridgehead atoms. The normalized spacial score (nSPS) is 19.4. The quantitative estimate of drug-likeness (QED) is 0.769. The first kappa shape index (κ1) is 11.1. The third-order valence-corrected chi connectivity index (χ3v) is 3.70. The monoisotopic (exact) mass is 241 g/mol. The highest BCUT2D eigenvalue weighted by Gasteiger charge is 2.27. The van der Waals surface area contributed by atoms with Crippen molar-refractivity contribution in [2.24, 2.45) is 11.1 Å². The fraction of sp³-hybridized carbons (Fsp3) is 0.300. The minimum atomic E-state index is -3.71. The highest BCUT2D eigenvalue weighted by atomic mass is 32.2. The number of carboxylic acid groups (broad SMARTS) is 1. The molecule has 0 fully saturated rings. The van der Waals surface area contributed by atoms with Crippen molar-refractivity contribution in [3.63, 3.8) is 0 Å². The SMILES string of the molecule is NS(=O)(=O)c1ccc2c(c1)CC(C(=O)O)C2. The topological polar surface area (TPSA) is 97.5 Å². The Morgan fingerprint density at radius 2 is 1.94 bits per heavy atom. The van der Waals surface area contributed by atoms with Gasteiger partial charge in [-0.2, -0.15) is 0 Å². The minimum absolute atomic E-state index is 0.0392. The van der Waals surface area contributed by atoms with Gasteiger partial charge in [-0.1, -0.05) is 6.07 Å². The minimum Gasteiger partial charge on any atom is -0.481 e. The van der Waals surface area contributed by atoms with Gasteiger partial charge in [0.25, 0.3) is 0 Å². The predicted molar refractivity (Wildman–Crippen MR) is 56.3 cm³/mol. The van der Waals surface area contributed by atoms with Gasteiger partial charge in [0.05, 0.1) is 10.8 Å². The largest absolute Gasteiger partial charge is 0.481 e. The van der Waals surface area contributed by atoms with Crippen molar-refractivity contribution in [1.29, 1.82) is 0 Å². The molecule has 2 rings (SSSR count). The Hall–Kier alpha value is -1.40. The summed E-state index contributed by atoms with van der Waals surface area (Å²) < 4.78 is 22.2.